The third-order valence-corrected chi connectivity index (χ3v) is 2.93. The molecule has 0 aliphatic rings. The van der Waals surface area contributed by atoms with Gasteiger partial charge in [-0.3, -0.25) is 0 Å². The molecule has 1 aromatic heterocycles. The van der Waals surface area contributed by atoms with Crippen molar-refractivity contribution in [2.75, 3.05) is 0 Å². The van der Waals surface area contributed by atoms with Gasteiger partial charge in [0.05, 0.1) is 11.2 Å². The maximum absolute atomic E-state index is 4.66. The molecule has 0 radical (unpaired) electrons. The lowest BCUT2D eigenvalue weighted by molar-refractivity contribution is 1.31. The quantitative estimate of drug-likeness (QED) is 0.708. The fourth-order valence-electron chi connectivity index (χ4n) is 1.95. The standard InChI is InChI=1S/C17H17N/c1-5-6-7-13(3)16-11-14(4)15-9-8-12(2)10-17(15)18-16/h5-11H,1,3H2,2,4H3/b7-6-. The van der Waals surface area contributed by atoms with Gasteiger partial charge in [-0.25, -0.2) is 4.98 Å². The summed E-state index contributed by atoms with van der Waals surface area (Å²) in [6.45, 7) is 11.9. The molecular weight excluding hydrogens is 218 g/mol. The predicted molar refractivity (Wildman–Crippen MR) is 79.6 cm³/mol. The first-order valence-corrected chi connectivity index (χ1v) is 5.98. The summed E-state index contributed by atoms with van der Waals surface area (Å²) in [5, 5.41) is 1.20. The molecule has 0 amide bonds. The predicted octanol–water partition coefficient (Wildman–Crippen LogP) is 4.61. The highest BCUT2D eigenvalue weighted by molar-refractivity contribution is 5.85. The van der Waals surface area contributed by atoms with Crippen LogP contribution in [0.5, 0.6) is 0 Å². The topological polar surface area (TPSA) is 12.9 Å². The Balaban J connectivity index is 2.57. The number of nitrogens with zero attached hydrogens (tertiary/aromatic N) is 1. The number of hydrogen-bond acceptors (Lipinski definition) is 1. The van der Waals surface area contributed by atoms with Crippen molar-refractivity contribution in [3.8, 4) is 0 Å². The molecule has 0 saturated carbocycles. The van der Waals surface area contributed by atoms with Crippen LogP contribution in [-0.4, -0.2) is 4.98 Å². The maximum Gasteiger partial charge on any atom is 0.0714 e. The summed E-state index contributed by atoms with van der Waals surface area (Å²) in [7, 11) is 0. The van der Waals surface area contributed by atoms with E-state index in [9.17, 15) is 0 Å². The van der Waals surface area contributed by atoms with E-state index >= 15 is 0 Å². The van der Waals surface area contributed by atoms with E-state index in [0.29, 0.717) is 0 Å². The van der Waals surface area contributed by atoms with Gasteiger partial charge >= 0.3 is 0 Å². The van der Waals surface area contributed by atoms with Crippen LogP contribution < -0.4 is 0 Å². The average Bonchev–Trinajstić information content (AvgIpc) is 2.35. The second kappa shape index (κ2) is 5.01. The molecule has 0 atom stereocenters. The molecule has 0 aliphatic carbocycles. The van der Waals surface area contributed by atoms with Crippen molar-refractivity contribution < 1.29 is 0 Å². The monoisotopic (exact) mass is 235 g/mol. The molecule has 0 aliphatic heterocycles. The smallest absolute Gasteiger partial charge is 0.0714 e. The minimum absolute atomic E-state index is 0.904. The van der Waals surface area contributed by atoms with Crippen LogP contribution in [0.25, 0.3) is 16.5 Å². The molecule has 0 bridgehead atoms. The Morgan fingerprint density at radius 2 is 2.00 bits per heavy atom. The Kier molecular flexibility index (Phi) is 3.42. The van der Waals surface area contributed by atoms with Gasteiger partial charge in [-0.2, -0.15) is 0 Å². The molecule has 0 saturated heterocycles. The number of rotatable bonds is 3. The van der Waals surface area contributed by atoms with E-state index in [2.05, 4.69) is 56.3 Å². The zero-order valence-corrected chi connectivity index (χ0v) is 10.9. The van der Waals surface area contributed by atoms with E-state index in [4.69, 9.17) is 0 Å². The second-order valence-electron chi connectivity index (χ2n) is 4.47. The summed E-state index contributed by atoms with van der Waals surface area (Å²) in [6, 6.07) is 8.42. The van der Waals surface area contributed by atoms with Crippen LogP contribution in [0.3, 0.4) is 0 Å². The molecule has 1 aromatic carbocycles. The fourth-order valence-corrected chi connectivity index (χ4v) is 1.95. The van der Waals surface area contributed by atoms with Crippen LogP contribution in [0, 0.1) is 13.8 Å². The maximum atomic E-state index is 4.66. The Hall–Kier alpha value is -2.15. The lowest BCUT2D eigenvalue weighted by Crippen LogP contribution is -1.91. The highest BCUT2D eigenvalue weighted by Crippen LogP contribution is 2.22. The number of hydrogen-bond donors (Lipinski definition) is 0. The van der Waals surface area contributed by atoms with Gasteiger partial charge in [0, 0.05) is 5.39 Å². The van der Waals surface area contributed by atoms with Crippen LogP contribution in [0.1, 0.15) is 16.8 Å². The lowest BCUT2D eigenvalue weighted by atomic mass is 10.0. The van der Waals surface area contributed by atoms with Crippen molar-refractivity contribution in [1.29, 1.82) is 0 Å². The van der Waals surface area contributed by atoms with E-state index in [1.54, 1.807) is 6.08 Å². The summed E-state index contributed by atoms with van der Waals surface area (Å²) in [5.74, 6) is 0. The molecule has 18 heavy (non-hydrogen) atoms. The molecule has 1 heterocycles. The molecule has 90 valence electrons. The molecule has 2 rings (SSSR count). The number of fused-ring (bicyclic) bond motifs is 1. The van der Waals surface area contributed by atoms with Gasteiger partial charge in [-0.1, -0.05) is 43.5 Å². The SMILES string of the molecule is C=C/C=C\C(=C)c1cc(C)c2ccc(C)cc2n1. The van der Waals surface area contributed by atoms with Crippen molar-refractivity contribution in [3.63, 3.8) is 0 Å². The summed E-state index contributed by atoms with van der Waals surface area (Å²) in [5.41, 5.74) is 5.30. The Labute approximate surface area is 108 Å². The van der Waals surface area contributed by atoms with Crippen molar-refractivity contribution in [3.05, 3.63) is 72.5 Å². The summed E-state index contributed by atoms with van der Waals surface area (Å²) < 4.78 is 0. The lowest BCUT2D eigenvalue weighted by Gasteiger charge is -2.07. The largest absolute Gasteiger partial charge is 0.248 e. The molecule has 0 spiro atoms. The van der Waals surface area contributed by atoms with Gasteiger partial charge in [-0.15, -0.1) is 0 Å². The molecule has 0 fully saturated rings. The van der Waals surface area contributed by atoms with Crippen molar-refractivity contribution in [2.45, 2.75) is 13.8 Å². The summed E-state index contributed by atoms with van der Waals surface area (Å²) in [4.78, 5) is 4.66. The fraction of sp³-hybridized carbons (Fsp3) is 0.118. The number of allylic oxidation sites excluding steroid dienone is 4. The van der Waals surface area contributed by atoms with Crippen molar-refractivity contribution in [1.82, 2.24) is 4.98 Å². The van der Waals surface area contributed by atoms with Gasteiger partial charge in [0.2, 0.25) is 0 Å². The zero-order valence-electron chi connectivity index (χ0n) is 10.9. The second-order valence-corrected chi connectivity index (χ2v) is 4.47. The zero-order chi connectivity index (χ0) is 13.1. The van der Waals surface area contributed by atoms with E-state index in [1.807, 2.05) is 12.2 Å². The first-order chi connectivity index (χ1) is 8.61. The highest BCUT2D eigenvalue weighted by atomic mass is 14.7. The summed E-state index contributed by atoms with van der Waals surface area (Å²) >= 11 is 0. The Morgan fingerprint density at radius 1 is 1.22 bits per heavy atom. The molecule has 1 heteroatoms. The van der Waals surface area contributed by atoms with Gasteiger partial charge in [0.1, 0.15) is 0 Å². The van der Waals surface area contributed by atoms with E-state index in [-0.39, 0.29) is 0 Å². The van der Waals surface area contributed by atoms with Crippen LogP contribution >= 0.6 is 0 Å². The minimum Gasteiger partial charge on any atom is -0.248 e. The van der Waals surface area contributed by atoms with Crippen LogP contribution in [-0.2, 0) is 0 Å². The van der Waals surface area contributed by atoms with Gasteiger partial charge in [0.15, 0.2) is 0 Å². The molecule has 1 nitrogen and oxygen atoms in total. The van der Waals surface area contributed by atoms with E-state index in [1.165, 1.54) is 16.5 Å². The molecular formula is C17H17N. The number of aromatic nitrogens is 1. The minimum atomic E-state index is 0.904. The molecule has 0 N–H and O–H groups in total. The third-order valence-electron chi connectivity index (χ3n) is 2.93. The van der Waals surface area contributed by atoms with Gasteiger partial charge < -0.3 is 0 Å². The van der Waals surface area contributed by atoms with Crippen molar-refractivity contribution >= 4 is 16.5 Å². The van der Waals surface area contributed by atoms with Gasteiger partial charge in [-0.05, 0) is 42.7 Å². The third kappa shape index (κ3) is 2.40. The van der Waals surface area contributed by atoms with E-state index in [0.717, 1.165) is 16.8 Å². The molecule has 0 unspecified atom stereocenters. The Morgan fingerprint density at radius 3 is 2.72 bits per heavy atom. The number of pyridine rings is 1. The number of aryl methyl sites for hydroxylation is 2. The Bertz CT molecular complexity index is 648. The van der Waals surface area contributed by atoms with E-state index < -0.39 is 0 Å². The highest BCUT2D eigenvalue weighted by Gasteiger charge is 2.04. The summed E-state index contributed by atoms with van der Waals surface area (Å²) in [6.07, 6.45) is 5.54. The van der Waals surface area contributed by atoms with Crippen LogP contribution in [0.4, 0.5) is 0 Å². The first kappa shape index (κ1) is 12.3. The van der Waals surface area contributed by atoms with Crippen LogP contribution in [0.2, 0.25) is 0 Å². The average molecular weight is 235 g/mol. The normalized spacial score (nSPS) is 11.0. The molecule has 2 aromatic rings. The van der Waals surface area contributed by atoms with Gasteiger partial charge in [0.25, 0.3) is 0 Å². The van der Waals surface area contributed by atoms with Crippen LogP contribution in [0.15, 0.2) is 55.7 Å². The number of benzene rings is 1. The van der Waals surface area contributed by atoms with Crippen molar-refractivity contribution in [2.24, 2.45) is 0 Å². The first-order valence-electron chi connectivity index (χ1n) is 5.98.